The van der Waals surface area contributed by atoms with Crippen LogP contribution in [0.15, 0.2) is 134 Å². The number of esters is 3. The van der Waals surface area contributed by atoms with E-state index in [1.54, 1.807) is 0 Å². The van der Waals surface area contributed by atoms with E-state index in [2.05, 4.69) is 154 Å². The third kappa shape index (κ3) is 58.3. The van der Waals surface area contributed by atoms with Gasteiger partial charge in [0, 0.05) is 19.3 Å². The molecule has 0 spiro atoms. The summed E-state index contributed by atoms with van der Waals surface area (Å²) < 4.78 is 16.9. The summed E-state index contributed by atoms with van der Waals surface area (Å²) in [6.07, 6.45) is 84.4. The van der Waals surface area contributed by atoms with Crippen molar-refractivity contribution in [3.05, 3.63) is 134 Å². The van der Waals surface area contributed by atoms with E-state index in [1.165, 1.54) is 38.5 Å². The third-order valence-electron chi connectivity index (χ3n) is 12.1. The van der Waals surface area contributed by atoms with Gasteiger partial charge in [0.1, 0.15) is 13.2 Å². The zero-order chi connectivity index (χ0) is 52.9. The van der Waals surface area contributed by atoms with Crippen LogP contribution in [0.5, 0.6) is 0 Å². The molecular weight excluding hydrogens is 901 g/mol. The van der Waals surface area contributed by atoms with Crippen molar-refractivity contribution in [3.8, 4) is 0 Å². The standard InChI is InChI=1S/C67H108O6/c1-4-7-10-13-16-19-22-25-27-29-31-33-35-37-39-42-45-48-51-54-57-60-66(69)72-63-64(62-71-65(68)59-56-53-50-47-44-41-24-21-18-15-12-9-6-3)73-67(70)61-58-55-52-49-46-43-40-38-36-34-32-30-28-26-23-20-17-14-11-8-5-2/h7-8,10-11,16-17,19-21,24-28,31-34,37-40,64H,4-6,9,12-15,18,22-23,29-30,35-36,41-63H2,1-3H3/b10-7-,11-8-,19-16-,20-17-,24-21-,27-25-,28-26-,33-31-,34-32-,39-37-,40-38-. The van der Waals surface area contributed by atoms with Gasteiger partial charge in [-0.15, -0.1) is 0 Å². The summed E-state index contributed by atoms with van der Waals surface area (Å²) in [5.74, 6) is -0.950. The zero-order valence-corrected chi connectivity index (χ0v) is 47.1. The molecule has 0 saturated carbocycles. The van der Waals surface area contributed by atoms with Gasteiger partial charge in [0.15, 0.2) is 6.10 Å². The largest absolute Gasteiger partial charge is 0.462 e. The van der Waals surface area contributed by atoms with Crippen molar-refractivity contribution in [2.45, 2.75) is 258 Å². The van der Waals surface area contributed by atoms with Crippen LogP contribution in [0.25, 0.3) is 0 Å². The molecule has 0 heterocycles. The van der Waals surface area contributed by atoms with Crippen LogP contribution in [0.2, 0.25) is 0 Å². The molecule has 73 heavy (non-hydrogen) atoms. The first-order valence-electron chi connectivity index (χ1n) is 29.7. The highest BCUT2D eigenvalue weighted by Crippen LogP contribution is 2.14. The highest BCUT2D eigenvalue weighted by Gasteiger charge is 2.19. The summed E-state index contributed by atoms with van der Waals surface area (Å²) in [6, 6.07) is 0. The van der Waals surface area contributed by atoms with Crippen molar-refractivity contribution in [2.75, 3.05) is 13.2 Å². The van der Waals surface area contributed by atoms with Crippen molar-refractivity contribution in [3.63, 3.8) is 0 Å². The summed E-state index contributed by atoms with van der Waals surface area (Å²) in [5.41, 5.74) is 0. The van der Waals surface area contributed by atoms with Crippen LogP contribution < -0.4 is 0 Å². The lowest BCUT2D eigenvalue weighted by Crippen LogP contribution is -2.30. The highest BCUT2D eigenvalue weighted by atomic mass is 16.6. The second kappa shape index (κ2) is 60.1. The molecule has 0 aliphatic heterocycles. The molecule has 0 aromatic heterocycles. The molecule has 0 aromatic rings. The predicted octanol–water partition coefficient (Wildman–Crippen LogP) is 20.2. The molecule has 6 heteroatoms. The van der Waals surface area contributed by atoms with Crippen molar-refractivity contribution in [1.82, 2.24) is 0 Å². The number of allylic oxidation sites excluding steroid dienone is 22. The minimum absolute atomic E-state index is 0.101. The van der Waals surface area contributed by atoms with Crippen LogP contribution in [0, 0.1) is 0 Å². The molecule has 0 N–H and O–H groups in total. The van der Waals surface area contributed by atoms with Gasteiger partial charge in [-0.1, -0.05) is 231 Å². The Hall–Kier alpha value is -4.45. The van der Waals surface area contributed by atoms with Gasteiger partial charge in [-0.25, -0.2) is 0 Å². The van der Waals surface area contributed by atoms with E-state index < -0.39 is 6.10 Å². The molecule has 0 aliphatic carbocycles. The first-order chi connectivity index (χ1) is 36.0. The van der Waals surface area contributed by atoms with Gasteiger partial charge < -0.3 is 14.2 Å². The Bertz CT molecular complexity index is 1580. The van der Waals surface area contributed by atoms with Crippen LogP contribution in [0.3, 0.4) is 0 Å². The molecule has 1 atom stereocenters. The molecule has 0 rings (SSSR count). The van der Waals surface area contributed by atoms with Crippen LogP contribution in [0.4, 0.5) is 0 Å². The normalized spacial score (nSPS) is 13.1. The minimum Gasteiger partial charge on any atom is -0.462 e. The molecule has 0 amide bonds. The quantitative estimate of drug-likeness (QED) is 0.0261. The molecule has 412 valence electrons. The summed E-state index contributed by atoms with van der Waals surface area (Å²) in [4.78, 5) is 38.2. The molecule has 1 unspecified atom stereocenters. The Morgan fingerprint density at radius 1 is 0.288 bits per heavy atom. The summed E-state index contributed by atoms with van der Waals surface area (Å²) in [6.45, 7) is 6.35. The lowest BCUT2D eigenvalue weighted by molar-refractivity contribution is -0.167. The second-order valence-electron chi connectivity index (χ2n) is 19.1. The number of hydrogen-bond donors (Lipinski definition) is 0. The van der Waals surface area contributed by atoms with Gasteiger partial charge in [0.2, 0.25) is 0 Å². The number of rotatable bonds is 52. The molecule has 0 saturated heterocycles. The Balaban J connectivity index is 4.48. The molecule has 0 fully saturated rings. The van der Waals surface area contributed by atoms with E-state index in [4.69, 9.17) is 14.2 Å². The smallest absolute Gasteiger partial charge is 0.306 e. The monoisotopic (exact) mass is 1010 g/mol. The zero-order valence-electron chi connectivity index (χ0n) is 47.1. The van der Waals surface area contributed by atoms with Gasteiger partial charge in [-0.05, 0) is 135 Å². The average Bonchev–Trinajstić information content (AvgIpc) is 3.39. The van der Waals surface area contributed by atoms with Gasteiger partial charge >= 0.3 is 17.9 Å². The lowest BCUT2D eigenvalue weighted by atomic mass is 10.1. The van der Waals surface area contributed by atoms with Gasteiger partial charge in [0.25, 0.3) is 0 Å². The summed E-state index contributed by atoms with van der Waals surface area (Å²) >= 11 is 0. The summed E-state index contributed by atoms with van der Waals surface area (Å²) in [7, 11) is 0. The first kappa shape index (κ1) is 68.6. The van der Waals surface area contributed by atoms with E-state index in [-0.39, 0.29) is 31.1 Å². The fraction of sp³-hybridized carbons (Fsp3) is 0.627. The maximum absolute atomic E-state index is 12.9. The molecule has 6 nitrogen and oxygen atoms in total. The number of unbranched alkanes of at least 4 members (excludes halogenated alkanes) is 19. The average molecular weight is 1010 g/mol. The number of hydrogen-bond acceptors (Lipinski definition) is 6. The first-order valence-corrected chi connectivity index (χ1v) is 29.7. The van der Waals surface area contributed by atoms with Gasteiger partial charge in [-0.2, -0.15) is 0 Å². The maximum Gasteiger partial charge on any atom is 0.306 e. The van der Waals surface area contributed by atoms with Gasteiger partial charge in [0.05, 0.1) is 0 Å². The maximum atomic E-state index is 12.9. The third-order valence-corrected chi connectivity index (χ3v) is 12.1. The van der Waals surface area contributed by atoms with Crippen molar-refractivity contribution >= 4 is 17.9 Å². The Labute approximate surface area is 449 Å². The SMILES string of the molecule is CC/C=C\C/C=C\C/C=C\C/C=C\C/C=C\CCCCCCCC(=O)OCC(COC(=O)CCCCCCC/C=C\CCCCCC)OC(=O)CCCCCCC/C=C\C/C=C\C/C=C\C/C=C\C/C=C\CC. The Morgan fingerprint density at radius 2 is 0.534 bits per heavy atom. The minimum atomic E-state index is -0.806. The van der Waals surface area contributed by atoms with E-state index in [0.717, 1.165) is 173 Å². The summed E-state index contributed by atoms with van der Waals surface area (Å²) in [5, 5.41) is 0. The number of carbonyl (C=O) groups excluding carboxylic acids is 3. The molecule has 0 aliphatic rings. The van der Waals surface area contributed by atoms with Crippen LogP contribution in [-0.2, 0) is 28.6 Å². The Morgan fingerprint density at radius 3 is 0.849 bits per heavy atom. The lowest BCUT2D eigenvalue weighted by Gasteiger charge is -2.18. The molecule has 0 bridgehead atoms. The van der Waals surface area contributed by atoms with Crippen molar-refractivity contribution < 1.29 is 28.6 Å². The number of carbonyl (C=O) groups is 3. The molecule has 0 radical (unpaired) electrons. The highest BCUT2D eigenvalue weighted by molar-refractivity contribution is 5.71. The van der Waals surface area contributed by atoms with Crippen LogP contribution >= 0.6 is 0 Å². The van der Waals surface area contributed by atoms with E-state index >= 15 is 0 Å². The van der Waals surface area contributed by atoms with E-state index in [1.807, 2.05) is 0 Å². The van der Waals surface area contributed by atoms with Crippen molar-refractivity contribution in [1.29, 1.82) is 0 Å². The topological polar surface area (TPSA) is 78.9 Å². The predicted molar refractivity (Wildman–Crippen MR) is 316 cm³/mol. The van der Waals surface area contributed by atoms with Crippen molar-refractivity contribution in [2.24, 2.45) is 0 Å². The fourth-order valence-corrected chi connectivity index (χ4v) is 7.72. The molecular formula is C67H108O6. The Kier molecular flexibility index (Phi) is 56.4. The van der Waals surface area contributed by atoms with Gasteiger partial charge in [-0.3, -0.25) is 14.4 Å². The van der Waals surface area contributed by atoms with Crippen LogP contribution in [0.1, 0.15) is 252 Å². The fourth-order valence-electron chi connectivity index (χ4n) is 7.72. The van der Waals surface area contributed by atoms with Crippen LogP contribution in [-0.4, -0.2) is 37.2 Å². The second-order valence-corrected chi connectivity index (χ2v) is 19.1. The number of ether oxygens (including phenoxy) is 3. The van der Waals surface area contributed by atoms with E-state index in [9.17, 15) is 14.4 Å². The van der Waals surface area contributed by atoms with E-state index in [0.29, 0.717) is 19.3 Å². The molecule has 0 aromatic carbocycles.